The summed E-state index contributed by atoms with van der Waals surface area (Å²) in [5.41, 5.74) is 0.740. The number of rotatable bonds is 3. The van der Waals surface area contributed by atoms with E-state index < -0.39 is 0 Å². The van der Waals surface area contributed by atoms with Crippen molar-refractivity contribution in [2.24, 2.45) is 0 Å². The third kappa shape index (κ3) is 2.74. The molecular formula is C11H9Br2FN2S. The van der Waals surface area contributed by atoms with Gasteiger partial charge in [-0.25, -0.2) is 4.39 Å². The fourth-order valence-electron chi connectivity index (χ4n) is 1.31. The highest BCUT2D eigenvalue weighted by atomic mass is 79.9. The van der Waals surface area contributed by atoms with Gasteiger partial charge in [-0.05, 0) is 28.4 Å². The van der Waals surface area contributed by atoms with E-state index in [0.29, 0.717) is 4.47 Å². The number of benzene rings is 1. The van der Waals surface area contributed by atoms with E-state index in [4.69, 9.17) is 0 Å². The molecule has 17 heavy (non-hydrogen) atoms. The van der Waals surface area contributed by atoms with Crippen LogP contribution in [-0.4, -0.2) is 10.2 Å². The maximum atomic E-state index is 13.4. The Morgan fingerprint density at radius 3 is 2.88 bits per heavy atom. The van der Waals surface area contributed by atoms with Crippen LogP contribution < -0.4 is 0 Å². The quantitative estimate of drug-likeness (QED) is 0.705. The zero-order chi connectivity index (χ0) is 12.4. The topological polar surface area (TPSA) is 25.8 Å². The second kappa shape index (κ2) is 5.54. The first kappa shape index (κ1) is 13.1. The molecule has 0 aliphatic rings. The van der Waals surface area contributed by atoms with Crippen molar-refractivity contribution in [3.8, 4) is 10.6 Å². The highest BCUT2D eigenvalue weighted by Crippen LogP contribution is 2.36. The highest BCUT2D eigenvalue weighted by Gasteiger charge is 2.15. The number of alkyl halides is 1. The Labute approximate surface area is 120 Å². The molecule has 1 aromatic heterocycles. The Kier molecular flexibility index (Phi) is 4.27. The monoisotopic (exact) mass is 378 g/mol. The molecular weight excluding hydrogens is 371 g/mol. The SMILES string of the molecule is CCC(Br)c1nnc(-c2cccc(F)c2Br)s1. The van der Waals surface area contributed by atoms with Gasteiger partial charge in [0.25, 0.3) is 0 Å². The van der Waals surface area contributed by atoms with E-state index in [0.717, 1.165) is 22.0 Å². The molecule has 1 aromatic carbocycles. The summed E-state index contributed by atoms with van der Waals surface area (Å²) in [4.78, 5) is 0.209. The molecule has 0 aliphatic carbocycles. The molecule has 0 amide bonds. The van der Waals surface area contributed by atoms with Gasteiger partial charge >= 0.3 is 0 Å². The maximum absolute atomic E-state index is 13.4. The molecule has 0 radical (unpaired) electrons. The number of hydrogen-bond donors (Lipinski definition) is 0. The van der Waals surface area contributed by atoms with Crippen LogP contribution in [-0.2, 0) is 0 Å². The van der Waals surface area contributed by atoms with Gasteiger partial charge in [-0.15, -0.1) is 10.2 Å². The predicted octanol–water partition coefficient (Wildman–Crippen LogP) is 4.95. The minimum Gasteiger partial charge on any atom is -0.206 e. The van der Waals surface area contributed by atoms with E-state index in [2.05, 4.69) is 49.0 Å². The van der Waals surface area contributed by atoms with Gasteiger partial charge in [-0.3, -0.25) is 0 Å². The minimum absolute atomic E-state index is 0.209. The molecule has 2 nitrogen and oxygen atoms in total. The third-order valence-corrected chi connectivity index (χ3v) is 5.51. The molecule has 1 unspecified atom stereocenters. The number of nitrogens with zero attached hydrogens (tertiary/aromatic N) is 2. The van der Waals surface area contributed by atoms with Crippen LogP contribution >= 0.6 is 43.2 Å². The first-order chi connectivity index (χ1) is 8.13. The van der Waals surface area contributed by atoms with Crippen molar-refractivity contribution in [1.29, 1.82) is 0 Å². The number of hydrogen-bond acceptors (Lipinski definition) is 3. The molecule has 6 heteroatoms. The van der Waals surface area contributed by atoms with Gasteiger partial charge in [0.15, 0.2) is 0 Å². The van der Waals surface area contributed by atoms with Crippen LogP contribution in [0.1, 0.15) is 23.2 Å². The molecule has 2 aromatic rings. The summed E-state index contributed by atoms with van der Waals surface area (Å²) in [7, 11) is 0. The van der Waals surface area contributed by atoms with Crippen molar-refractivity contribution in [3.63, 3.8) is 0 Å². The Morgan fingerprint density at radius 1 is 1.41 bits per heavy atom. The average molecular weight is 380 g/mol. The highest BCUT2D eigenvalue weighted by molar-refractivity contribution is 9.10. The summed E-state index contributed by atoms with van der Waals surface area (Å²) in [6.07, 6.45) is 0.943. The zero-order valence-electron chi connectivity index (χ0n) is 8.95. The molecule has 0 fully saturated rings. The third-order valence-electron chi connectivity index (χ3n) is 2.25. The van der Waals surface area contributed by atoms with Gasteiger partial charge in [0.05, 0.1) is 9.30 Å². The van der Waals surface area contributed by atoms with Gasteiger partial charge < -0.3 is 0 Å². The van der Waals surface area contributed by atoms with Gasteiger partial charge in [0.1, 0.15) is 15.8 Å². The van der Waals surface area contributed by atoms with Crippen molar-refractivity contribution in [2.45, 2.75) is 18.2 Å². The summed E-state index contributed by atoms with van der Waals surface area (Å²) in [6, 6.07) is 4.91. The fraction of sp³-hybridized carbons (Fsp3) is 0.273. The molecule has 1 heterocycles. The van der Waals surface area contributed by atoms with E-state index in [9.17, 15) is 4.39 Å². The van der Waals surface area contributed by atoms with Crippen LogP contribution in [0.25, 0.3) is 10.6 Å². The molecule has 0 aliphatic heterocycles. The van der Waals surface area contributed by atoms with Crippen molar-refractivity contribution in [1.82, 2.24) is 10.2 Å². The summed E-state index contributed by atoms with van der Waals surface area (Å²) >= 11 is 8.23. The van der Waals surface area contributed by atoms with Crippen LogP contribution in [0.3, 0.4) is 0 Å². The molecule has 1 atom stereocenters. The Balaban J connectivity index is 2.40. The second-order valence-electron chi connectivity index (χ2n) is 3.42. The maximum Gasteiger partial charge on any atom is 0.149 e. The fourth-order valence-corrected chi connectivity index (χ4v) is 3.20. The van der Waals surface area contributed by atoms with Crippen LogP contribution in [0.15, 0.2) is 22.7 Å². The Hall–Kier alpha value is -0.330. The van der Waals surface area contributed by atoms with Crippen molar-refractivity contribution < 1.29 is 4.39 Å². The van der Waals surface area contributed by atoms with E-state index in [1.165, 1.54) is 17.4 Å². The second-order valence-corrected chi connectivity index (χ2v) is 6.33. The van der Waals surface area contributed by atoms with Crippen molar-refractivity contribution in [2.75, 3.05) is 0 Å². The summed E-state index contributed by atoms with van der Waals surface area (Å²) in [5.74, 6) is -0.287. The molecule has 0 saturated heterocycles. The molecule has 0 saturated carbocycles. The lowest BCUT2D eigenvalue weighted by molar-refractivity contribution is 0.621. The van der Waals surface area contributed by atoms with Gasteiger partial charge in [0.2, 0.25) is 0 Å². The normalized spacial score (nSPS) is 12.7. The molecule has 2 rings (SSSR count). The van der Waals surface area contributed by atoms with Crippen LogP contribution in [0.5, 0.6) is 0 Å². The van der Waals surface area contributed by atoms with Crippen LogP contribution in [0.2, 0.25) is 0 Å². The Bertz CT molecular complexity index is 530. The summed E-state index contributed by atoms with van der Waals surface area (Å²) in [5, 5.41) is 9.85. The molecule has 0 spiro atoms. The Morgan fingerprint density at radius 2 is 2.18 bits per heavy atom. The smallest absolute Gasteiger partial charge is 0.149 e. The summed E-state index contributed by atoms with van der Waals surface area (Å²) in [6.45, 7) is 2.07. The van der Waals surface area contributed by atoms with Gasteiger partial charge in [0, 0.05) is 5.56 Å². The molecule has 0 N–H and O–H groups in total. The number of halogens is 3. The molecule has 90 valence electrons. The first-order valence-corrected chi connectivity index (χ1v) is 7.57. The van der Waals surface area contributed by atoms with E-state index in [1.807, 2.05) is 6.07 Å². The van der Waals surface area contributed by atoms with Crippen molar-refractivity contribution in [3.05, 3.63) is 33.5 Å². The standard InChI is InChI=1S/C11H9Br2FN2S/c1-2-7(12)11-16-15-10(17-11)6-4-3-5-8(14)9(6)13/h3-5,7H,2H2,1H3. The predicted molar refractivity (Wildman–Crippen MR) is 75.0 cm³/mol. The van der Waals surface area contributed by atoms with Gasteiger partial charge in [-0.2, -0.15) is 0 Å². The minimum atomic E-state index is -0.287. The van der Waals surface area contributed by atoms with Crippen LogP contribution in [0.4, 0.5) is 4.39 Å². The van der Waals surface area contributed by atoms with Gasteiger partial charge in [-0.1, -0.05) is 46.3 Å². The lowest BCUT2D eigenvalue weighted by Crippen LogP contribution is -1.85. The lowest BCUT2D eigenvalue weighted by Gasteiger charge is -2.00. The zero-order valence-corrected chi connectivity index (χ0v) is 12.9. The average Bonchev–Trinajstić information content (AvgIpc) is 2.81. The largest absolute Gasteiger partial charge is 0.206 e. The van der Waals surface area contributed by atoms with Crippen LogP contribution in [0, 0.1) is 5.82 Å². The lowest BCUT2D eigenvalue weighted by atomic mass is 10.2. The molecule has 0 bridgehead atoms. The summed E-state index contributed by atoms with van der Waals surface area (Å²) < 4.78 is 13.8. The van der Waals surface area contributed by atoms with E-state index in [1.54, 1.807) is 6.07 Å². The van der Waals surface area contributed by atoms with Crippen molar-refractivity contribution >= 4 is 43.2 Å². The van der Waals surface area contributed by atoms with E-state index >= 15 is 0 Å². The first-order valence-electron chi connectivity index (χ1n) is 5.05. The number of aromatic nitrogens is 2. The van der Waals surface area contributed by atoms with E-state index in [-0.39, 0.29) is 10.6 Å².